The summed E-state index contributed by atoms with van der Waals surface area (Å²) in [6.45, 7) is 4.07. The Kier molecular flexibility index (Phi) is 5.19. The van der Waals surface area contributed by atoms with Crippen LogP contribution in [0, 0.1) is 16.7 Å². The van der Waals surface area contributed by atoms with E-state index in [-0.39, 0.29) is 27.5 Å². The Labute approximate surface area is 187 Å². The van der Waals surface area contributed by atoms with E-state index >= 15 is 0 Å². The van der Waals surface area contributed by atoms with E-state index in [0.29, 0.717) is 24.0 Å². The number of ketones is 1. The second-order valence-electron chi connectivity index (χ2n) is 8.93. The Bertz CT molecular complexity index is 1300. The standard InChI is InChI=1S/C24H24N4O3S/c1-24(2)12-19-22(20(29)13-24)21(15-8-10-17(11-9-15)32(27,30)31)18(14-25)23(26)28(19)16-6-4-3-5-7-16/h3-11,21H,12-13,26H2,1-2H3,(H2,27,30,31)/t21-/m0/s1. The molecular formula is C24H24N4O3S. The van der Waals surface area contributed by atoms with Crippen molar-refractivity contribution in [3.05, 3.63) is 82.8 Å². The predicted octanol–water partition coefficient (Wildman–Crippen LogP) is 3.27. The molecule has 1 atom stereocenters. The minimum absolute atomic E-state index is 0.0382. The normalized spacial score (nSPS) is 20.8. The van der Waals surface area contributed by atoms with Crippen molar-refractivity contribution in [3.8, 4) is 6.07 Å². The second-order valence-corrected chi connectivity index (χ2v) is 10.5. The van der Waals surface area contributed by atoms with E-state index in [2.05, 4.69) is 6.07 Å². The molecule has 0 spiro atoms. The largest absolute Gasteiger partial charge is 0.384 e. The Morgan fingerprint density at radius 1 is 1.06 bits per heavy atom. The molecule has 1 aliphatic heterocycles. The zero-order valence-corrected chi connectivity index (χ0v) is 18.7. The van der Waals surface area contributed by atoms with Gasteiger partial charge in [-0.05, 0) is 41.7 Å². The number of carbonyl (C=O) groups excluding carboxylic acids is 1. The number of carbonyl (C=O) groups is 1. The maximum atomic E-state index is 13.4. The Hall–Kier alpha value is -3.41. The van der Waals surface area contributed by atoms with E-state index < -0.39 is 15.9 Å². The molecule has 0 radical (unpaired) electrons. The molecule has 32 heavy (non-hydrogen) atoms. The van der Waals surface area contributed by atoms with Crippen LogP contribution in [0.3, 0.4) is 0 Å². The quantitative estimate of drug-likeness (QED) is 0.741. The van der Waals surface area contributed by atoms with Gasteiger partial charge in [0.25, 0.3) is 0 Å². The molecule has 2 aromatic rings. The number of sulfonamides is 1. The minimum Gasteiger partial charge on any atom is -0.384 e. The van der Waals surface area contributed by atoms with Crippen LogP contribution in [0.2, 0.25) is 0 Å². The van der Waals surface area contributed by atoms with Gasteiger partial charge in [-0.3, -0.25) is 9.69 Å². The lowest BCUT2D eigenvalue weighted by molar-refractivity contribution is -0.118. The van der Waals surface area contributed by atoms with Gasteiger partial charge >= 0.3 is 0 Å². The topological polar surface area (TPSA) is 130 Å². The lowest BCUT2D eigenvalue weighted by atomic mass is 9.68. The van der Waals surface area contributed by atoms with Crippen LogP contribution in [-0.2, 0) is 14.8 Å². The van der Waals surface area contributed by atoms with Crippen molar-refractivity contribution in [3.63, 3.8) is 0 Å². The van der Waals surface area contributed by atoms with Crippen LogP contribution >= 0.6 is 0 Å². The molecule has 0 amide bonds. The van der Waals surface area contributed by atoms with E-state index in [1.54, 1.807) is 12.1 Å². The first kappa shape index (κ1) is 21.8. The highest BCUT2D eigenvalue weighted by atomic mass is 32.2. The molecule has 4 rings (SSSR count). The lowest BCUT2D eigenvalue weighted by Gasteiger charge is -2.43. The van der Waals surface area contributed by atoms with Crippen LogP contribution in [0.1, 0.15) is 38.2 Å². The Balaban J connectivity index is 1.96. The molecule has 0 aromatic heterocycles. The van der Waals surface area contributed by atoms with Gasteiger partial charge in [0.2, 0.25) is 10.0 Å². The van der Waals surface area contributed by atoms with Crippen molar-refractivity contribution in [2.75, 3.05) is 4.90 Å². The van der Waals surface area contributed by atoms with Gasteiger partial charge in [-0.15, -0.1) is 0 Å². The number of allylic oxidation sites excluding steroid dienone is 3. The fourth-order valence-electron chi connectivity index (χ4n) is 4.56. The number of para-hydroxylation sites is 1. The number of hydrogen-bond acceptors (Lipinski definition) is 6. The Morgan fingerprint density at radius 3 is 2.25 bits per heavy atom. The maximum absolute atomic E-state index is 13.4. The molecule has 1 heterocycles. The lowest BCUT2D eigenvalue weighted by Crippen LogP contribution is -2.42. The maximum Gasteiger partial charge on any atom is 0.238 e. The van der Waals surface area contributed by atoms with Crippen LogP contribution in [0.5, 0.6) is 0 Å². The highest BCUT2D eigenvalue weighted by Crippen LogP contribution is 2.50. The van der Waals surface area contributed by atoms with Crippen LogP contribution in [0.15, 0.2) is 82.2 Å². The molecular weight excluding hydrogens is 424 g/mol. The first-order valence-corrected chi connectivity index (χ1v) is 11.7. The molecule has 2 aliphatic rings. The van der Waals surface area contributed by atoms with Gasteiger partial charge in [0, 0.05) is 23.4 Å². The number of anilines is 1. The highest BCUT2D eigenvalue weighted by molar-refractivity contribution is 7.89. The average Bonchev–Trinajstić information content (AvgIpc) is 2.72. The third kappa shape index (κ3) is 3.70. The summed E-state index contributed by atoms with van der Waals surface area (Å²) >= 11 is 0. The molecule has 164 valence electrons. The van der Waals surface area contributed by atoms with Gasteiger partial charge in [0.1, 0.15) is 5.82 Å². The van der Waals surface area contributed by atoms with Gasteiger partial charge in [0.15, 0.2) is 5.78 Å². The monoisotopic (exact) mass is 448 g/mol. The van der Waals surface area contributed by atoms with Gasteiger partial charge in [0.05, 0.1) is 22.5 Å². The zero-order valence-electron chi connectivity index (χ0n) is 17.9. The van der Waals surface area contributed by atoms with Crippen molar-refractivity contribution in [1.29, 1.82) is 5.26 Å². The number of benzene rings is 2. The third-order valence-corrected chi connectivity index (χ3v) is 6.87. The summed E-state index contributed by atoms with van der Waals surface area (Å²) in [6, 6.07) is 17.6. The molecule has 0 fully saturated rings. The summed E-state index contributed by atoms with van der Waals surface area (Å²) in [5.41, 5.74) is 9.24. The van der Waals surface area contributed by atoms with Gasteiger partial charge < -0.3 is 5.73 Å². The molecule has 7 nitrogen and oxygen atoms in total. The molecule has 0 saturated carbocycles. The van der Waals surface area contributed by atoms with Crippen LogP contribution < -0.4 is 15.8 Å². The first-order chi connectivity index (χ1) is 15.0. The number of nitriles is 1. The molecule has 0 unspecified atom stereocenters. The average molecular weight is 449 g/mol. The molecule has 1 aliphatic carbocycles. The van der Waals surface area contributed by atoms with Crippen LogP contribution in [-0.4, -0.2) is 14.2 Å². The Morgan fingerprint density at radius 2 is 1.69 bits per heavy atom. The summed E-state index contributed by atoms with van der Waals surface area (Å²) in [5, 5.41) is 15.3. The minimum atomic E-state index is -3.86. The zero-order chi connectivity index (χ0) is 23.3. The van der Waals surface area contributed by atoms with Crippen molar-refractivity contribution >= 4 is 21.5 Å². The van der Waals surface area contributed by atoms with E-state index in [0.717, 1.165) is 11.4 Å². The first-order valence-electron chi connectivity index (χ1n) is 10.2. The van der Waals surface area contributed by atoms with Crippen LogP contribution in [0.4, 0.5) is 5.69 Å². The number of Topliss-reactive ketones (excluding diaryl/α,β-unsaturated/α-hetero) is 1. The van der Waals surface area contributed by atoms with Crippen molar-refractivity contribution in [2.45, 2.75) is 37.5 Å². The van der Waals surface area contributed by atoms with E-state index in [1.807, 2.05) is 49.1 Å². The number of hydrogen-bond donors (Lipinski definition) is 2. The van der Waals surface area contributed by atoms with Crippen molar-refractivity contribution in [1.82, 2.24) is 0 Å². The van der Waals surface area contributed by atoms with E-state index in [4.69, 9.17) is 10.9 Å². The smallest absolute Gasteiger partial charge is 0.238 e. The summed E-state index contributed by atoms with van der Waals surface area (Å²) in [5.74, 6) is -0.450. The van der Waals surface area contributed by atoms with Gasteiger partial charge in [-0.2, -0.15) is 5.26 Å². The fraction of sp³-hybridized carbons (Fsp3) is 0.250. The van der Waals surface area contributed by atoms with E-state index in [1.165, 1.54) is 12.1 Å². The SMILES string of the molecule is CC1(C)CC(=O)C2=C(C1)N(c1ccccc1)C(N)=C(C#N)[C@@H]2c1ccc(S(N)(=O)=O)cc1. The molecule has 4 N–H and O–H groups in total. The predicted molar refractivity (Wildman–Crippen MR) is 121 cm³/mol. The summed E-state index contributed by atoms with van der Waals surface area (Å²) in [7, 11) is -3.86. The number of nitrogens with zero attached hydrogens (tertiary/aromatic N) is 2. The van der Waals surface area contributed by atoms with Crippen molar-refractivity contribution in [2.24, 2.45) is 16.3 Å². The summed E-state index contributed by atoms with van der Waals surface area (Å²) in [6.07, 6.45) is 0.951. The summed E-state index contributed by atoms with van der Waals surface area (Å²) in [4.78, 5) is 15.2. The third-order valence-electron chi connectivity index (χ3n) is 5.94. The van der Waals surface area contributed by atoms with Crippen molar-refractivity contribution < 1.29 is 13.2 Å². The molecule has 0 bridgehead atoms. The number of nitrogens with two attached hydrogens (primary N) is 2. The molecule has 2 aromatic carbocycles. The molecule has 0 saturated heterocycles. The van der Waals surface area contributed by atoms with Gasteiger partial charge in [-0.25, -0.2) is 13.6 Å². The van der Waals surface area contributed by atoms with Crippen LogP contribution in [0.25, 0.3) is 0 Å². The van der Waals surface area contributed by atoms with Gasteiger partial charge in [-0.1, -0.05) is 44.2 Å². The fourth-order valence-corrected chi connectivity index (χ4v) is 5.08. The number of rotatable bonds is 3. The van der Waals surface area contributed by atoms with E-state index in [9.17, 15) is 18.5 Å². The summed E-state index contributed by atoms with van der Waals surface area (Å²) < 4.78 is 23.3. The number of primary sulfonamides is 1. The molecule has 8 heteroatoms. The highest BCUT2D eigenvalue weighted by Gasteiger charge is 2.44. The second kappa shape index (κ2) is 7.62.